The molecule has 0 fully saturated rings. The van der Waals surface area contributed by atoms with Gasteiger partial charge in [-0.05, 0) is 60.7 Å². The third-order valence-corrected chi connectivity index (χ3v) is 7.79. The fourth-order valence-electron chi connectivity index (χ4n) is 4.06. The average Bonchev–Trinajstić information content (AvgIpc) is 3.25. The highest BCUT2D eigenvalue weighted by atomic mass is 32.2. The van der Waals surface area contributed by atoms with Crippen LogP contribution in [0.1, 0.15) is 10.5 Å². The van der Waals surface area contributed by atoms with Crippen LogP contribution >= 0.6 is 0 Å². The molecule has 2 N–H and O–H groups in total. The Bertz CT molecular complexity index is 1730. The first-order valence-corrected chi connectivity index (χ1v) is 12.2. The Balaban J connectivity index is 1.57. The summed E-state index contributed by atoms with van der Waals surface area (Å²) in [6, 6.07) is 18.3. The van der Waals surface area contributed by atoms with E-state index in [9.17, 15) is 22.7 Å². The third-order valence-electron chi connectivity index (χ3n) is 5.99. The number of ether oxygens (including phenoxy) is 1. The van der Waals surface area contributed by atoms with Gasteiger partial charge in [0, 0.05) is 28.9 Å². The lowest BCUT2D eigenvalue weighted by Gasteiger charge is -2.20. The molecule has 0 saturated heterocycles. The summed E-state index contributed by atoms with van der Waals surface area (Å²) in [6.45, 7) is 0. The second-order valence-electron chi connectivity index (χ2n) is 8.09. The minimum Gasteiger partial charge on any atom is -0.497 e. The second kappa shape index (κ2) is 8.65. The number of aromatic amines is 1. The number of anilines is 1. The van der Waals surface area contributed by atoms with Gasteiger partial charge in [-0.3, -0.25) is 4.31 Å². The summed E-state index contributed by atoms with van der Waals surface area (Å²) in [5.74, 6) is -1.11. The van der Waals surface area contributed by atoms with Gasteiger partial charge in [0.25, 0.3) is 10.0 Å². The molecule has 0 radical (unpaired) electrons. The van der Waals surface area contributed by atoms with E-state index >= 15 is 0 Å². The normalized spacial score (nSPS) is 11.6. The summed E-state index contributed by atoms with van der Waals surface area (Å²) in [5, 5.41) is 10.7. The molecular formula is C26H20FN3O5S. The van der Waals surface area contributed by atoms with Gasteiger partial charge in [-0.2, -0.15) is 0 Å². The van der Waals surface area contributed by atoms with Crippen molar-refractivity contribution in [3.8, 4) is 17.0 Å². The minimum atomic E-state index is -3.83. The van der Waals surface area contributed by atoms with Crippen LogP contribution < -0.4 is 9.04 Å². The maximum Gasteiger partial charge on any atom is 0.354 e. The molecule has 0 aliphatic carbocycles. The van der Waals surface area contributed by atoms with Gasteiger partial charge < -0.3 is 14.8 Å². The molecule has 36 heavy (non-hydrogen) atoms. The molecule has 10 heteroatoms. The highest BCUT2D eigenvalue weighted by Crippen LogP contribution is 2.34. The lowest BCUT2D eigenvalue weighted by Crippen LogP contribution is -2.26. The van der Waals surface area contributed by atoms with Gasteiger partial charge in [0.1, 0.15) is 17.3 Å². The van der Waals surface area contributed by atoms with Gasteiger partial charge >= 0.3 is 5.97 Å². The number of carboxylic acids is 1. The number of sulfonamides is 1. The smallest absolute Gasteiger partial charge is 0.354 e. The maximum absolute atomic E-state index is 13.9. The predicted molar refractivity (Wildman–Crippen MR) is 135 cm³/mol. The van der Waals surface area contributed by atoms with E-state index in [4.69, 9.17) is 4.74 Å². The van der Waals surface area contributed by atoms with E-state index in [-0.39, 0.29) is 10.6 Å². The van der Waals surface area contributed by atoms with Gasteiger partial charge in [-0.1, -0.05) is 12.1 Å². The van der Waals surface area contributed by atoms with Crippen molar-refractivity contribution in [3.05, 3.63) is 84.3 Å². The molecule has 182 valence electrons. The summed E-state index contributed by atoms with van der Waals surface area (Å²) in [6.07, 6.45) is 0. The van der Waals surface area contributed by atoms with E-state index < -0.39 is 21.8 Å². The molecule has 0 aliphatic heterocycles. The average molecular weight is 506 g/mol. The Morgan fingerprint density at radius 2 is 1.69 bits per heavy atom. The number of pyridine rings is 1. The zero-order valence-corrected chi connectivity index (χ0v) is 20.0. The fraction of sp³-hybridized carbons (Fsp3) is 0.0769. The molecule has 8 nitrogen and oxygen atoms in total. The number of halogens is 1. The van der Waals surface area contributed by atoms with E-state index in [1.54, 1.807) is 42.5 Å². The van der Waals surface area contributed by atoms with Crippen molar-refractivity contribution in [2.45, 2.75) is 4.90 Å². The van der Waals surface area contributed by atoms with Crippen LogP contribution in [-0.4, -0.2) is 43.6 Å². The molecule has 5 rings (SSSR count). The number of fused-ring (bicyclic) bond motifs is 3. The van der Waals surface area contributed by atoms with E-state index in [2.05, 4.69) is 9.97 Å². The van der Waals surface area contributed by atoms with Crippen molar-refractivity contribution < 1.29 is 27.4 Å². The van der Waals surface area contributed by atoms with Crippen molar-refractivity contribution >= 4 is 43.5 Å². The molecule has 0 saturated carbocycles. The molecule has 2 heterocycles. The lowest BCUT2D eigenvalue weighted by molar-refractivity contribution is 0.0691. The molecule has 0 aliphatic rings. The summed E-state index contributed by atoms with van der Waals surface area (Å²) in [5.41, 5.74) is 2.32. The maximum atomic E-state index is 13.9. The minimum absolute atomic E-state index is 0.109. The van der Waals surface area contributed by atoms with Crippen LogP contribution in [0.5, 0.6) is 5.75 Å². The monoisotopic (exact) mass is 505 g/mol. The number of carboxylic acid groups (broad SMARTS) is 1. The van der Waals surface area contributed by atoms with Crippen molar-refractivity contribution in [1.82, 2.24) is 9.97 Å². The number of methoxy groups -OCH3 is 1. The van der Waals surface area contributed by atoms with E-state index in [0.717, 1.165) is 4.31 Å². The number of carbonyl (C=O) groups is 1. The number of aromatic carboxylic acids is 1. The predicted octanol–water partition coefficient (Wildman–Crippen LogP) is 5.05. The van der Waals surface area contributed by atoms with Crippen LogP contribution in [0.4, 0.5) is 10.1 Å². The molecular weight excluding hydrogens is 485 g/mol. The molecule has 3 aromatic carbocycles. The number of rotatable bonds is 6. The quantitative estimate of drug-likeness (QED) is 0.334. The first-order chi connectivity index (χ1) is 17.2. The first-order valence-electron chi connectivity index (χ1n) is 10.8. The number of nitrogens with zero attached hydrogens (tertiary/aromatic N) is 2. The molecule has 2 aromatic heterocycles. The number of H-pyrrole nitrogens is 1. The summed E-state index contributed by atoms with van der Waals surface area (Å²) in [7, 11) is -0.879. The number of nitrogens with one attached hydrogen (secondary N) is 1. The van der Waals surface area contributed by atoms with Crippen LogP contribution in [0.15, 0.2) is 77.7 Å². The highest BCUT2D eigenvalue weighted by Gasteiger charge is 2.22. The number of hydrogen-bond acceptors (Lipinski definition) is 5. The zero-order chi connectivity index (χ0) is 25.6. The van der Waals surface area contributed by atoms with Gasteiger partial charge in [0.05, 0.1) is 28.9 Å². The number of aromatic nitrogens is 2. The van der Waals surface area contributed by atoms with Gasteiger partial charge in [0.15, 0.2) is 0 Å². The standard InChI is InChI=1S/C26H20FN3O5S/c1-30(36(33,34)19-10-8-18(35-2)9-11-19)17-6-3-15(4-7-17)24-25-21(14-23(29-24)26(31)32)20-13-16(27)5-12-22(20)28-25/h3-14,28H,1-2H3,(H,31,32). The molecule has 0 spiro atoms. The molecule has 0 bridgehead atoms. The van der Waals surface area contributed by atoms with Gasteiger partial charge in [0.2, 0.25) is 0 Å². The molecule has 0 unspecified atom stereocenters. The Labute approximate surface area is 205 Å². The van der Waals surface area contributed by atoms with Crippen molar-refractivity contribution in [1.29, 1.82) is 0 Å². The SMILES string of the molecule is COc1ccc(S(=O)(=O)N(C)c2ccc(-c3nc(C(=O)O)cc4c3[nH]c3ccc(F)cc34)cc2)cc1. The fourth-order valence-corrected chi connectivity index (χ4v) is 5.25. The zero-order valence-electron chi connectivity index (χ0n) is 19.2. The topological polar surface area (TPSA) is 113 Å². The van der Waals surface area contributed by atoms with Crippen molar-refractivity contribution in [2.24, 2.45) is 0 Å². The Morgan fingerprint density at radius 3 is 2.33 bits per heavy atom. The Morgan fingerprint density at radius 1 is 1.00 bits per heavy atom. The molecule has 0 atom stereocenters. The van der Waals surface area contributed by atoms with Crippen LogP contribution in [0.3, 0.4) is 0 Å². The molecule has 0 amide bonds. The number of benzene rings is 3. The van der Waals surface area contributed by atoms with Crippen LogP contribution in [0.25, 0.3) is 33.1 Å². The van der Waals surface area contributed by atoms with Gasteiger partial charge in [-0.25, -0.2) is 22.6 Å². The third kappa shape index (κ3) is 3.91. The number of hydrogen-bond donors (Lipinski definition) is 2. The Kier molecular flexibility index (Phi) is 5.60. The highest BCUT2D eigenvalue weighted by molar-refractivity contribution is 7.92. The summed E-state index contributed by atoms with van der Waals surface area (Å²) >= 11 is 0. The van der Waals surface area contributed by atoms with Crippen LogP contribution in [-0.2, 0) is 10.0 Å². The van der Waals surface area contributed by atoms with Gasteiger partial charge in [-0.15, -0.1) is 0 Å². The van der Waals surface area contributed by atoms with Crippen molar-refractivity contribution in [2.75, 3.05) is 18.5 Å². The van der Waals surface area contributed by atoms with Crippen LogP contribution in [0.2, 0.25) is 0 Å². The lowest BCUT2D eigenvalue weighted by atomic mass is 10.1. The van der Waals surface area contributed by atoms with E-state index in [0.29, 0.717) is 44.5 Å². The molecule has 5 aromatic rings. The van der Waals surface area contributed by atoms with E-state index in [1.165, 1.54) is 44.5 Å². The summed E-state index contributed by atoms with van der Waals surface area (Å²) < 4.78 is 46.3. The first kappa shape index (κ1) is 23.3. The van der Waals surface area contributed by atoms with Crippen molar-refractivity contribution in [3.63, 3.8) is 0 Å². The van der Waals surface area contributed by atoms with E-state index in [1.807, 2.05) is 0 Å². The Hall–Kier alpha value is -4.44. The summed E-state index contributed by atoms with van der Waals surface area (Å²) in [4.78, 5) is 19.4. The van der Waals surface area contributed by atoms with Crippen LogP contribution in [0, 0.1) is 5.82 Å². The second-order valence-corrected chi connectivity index (χ2v) is 10.1. The largest absolute Gasteiger partial charge is 0.497 e.